The van der Waals surface area contributed by atoms with Gasteiger partial charge in [-0.3, -0.25) is 9.69 Å². The molecular formula is C21H34N4O2. The van der Waals surface area contributed by atoms with Crippen LogP contribution in [0, 0.1) is 18.8 Å². The molecule has 0 bridgehead atoms. The van der Waals surface area contributed by atoms with Crippen molar-refractivity contribution in [2.45, 2.75) is 6.92 Å². The van der Waals surface area contributed by atoms with E-state index in [-0.39, 0.29) is 18.4 Å². The third kappa shape index (κ3) is 5.21. The number of hydrogen-bond acceptors (Lipinski definition) is 5. The van der Waals surface area contributed by atoms with Crippen LogP contribution in [0.4, 0.5) is 5.69 Å². The summed E-state index contributed by atoms with van der Waals surface area (Å²) in [7, 11) is 4.10. The third-order valence-electron chi connectivity index (χ3n) is 5.86. The van der Waals surface area contributed by atoms with Crippen molar-refractivity contribution in [3.05, 3.63) is 29.8 Å². The normalized spacial score (nSPS) is 24.0. The van der Waals surface area contributed by atoms with Gasteiger partial charge in [0.15, 0.2) is 0 Å². The van der Waals surface area contributed by atoms with Crippen LogP contribution >= 0.6 is 0 Å². The van der Waals surface area contributed by atoms with Crippen LogP contribution in [0.3, 0.4) is 0 Å². The summed E-state index contributed by atoms with van der Waals surface area (Å²) < 4.78 is 0. The van der Waals surface area contributed by atoms with Crippen molar-refractivity contribution >= 4 is 11.6 Å². The zero-order valence-corrected chi connectivity index (χ0v) is 17.0. The number of aliphatic hydroxyl groups excluding tert-OH is 1. The van der Waals surface area contributed by atoms with Crippen LogP contribution in [-0.4, -0.2) is 98.8 Å². The number of carbonyl (C=O) groups is 1. The van der Waals surface area contributed by atoms with E-state index in [0.717, 1.165) is 39.3 Å². The number of aryl methyl sites for hydroxylation is 1. The molecule has 1 N–H and O–H groups in total. The fraction of sp³-hybridized carbons (Fsp3) is 0.667. The number of hydrogen-bond donors (Lipinski definition) is 1. The van der Waals surface area contributed by atoms with Crippen LogP contribution < -0.4 is 4.90 Å². The maximum atomic E-state index is 12.8. The first-order valence-electron chi connectivity index (χ1n) is 10.0. The molecule has 2 aliphatic heterocycles. The molecule has 2 heterocycles. The van der Waals surface area contributed by atoms with Gasteiger partial charge in [-0.05, 0) is 44.6 Å². The van der Waals surface area contributed by atoms with Crippen molar-refractivity contribution < 1.29 is 9.90 Å². The van der Waals surface area contributed by atoms with E-state index in [2.05, 4.69) is 45.9 Å². The Labute approximate surface area is 163 Å². The Hall–Kier alpha value is -1.63. The highest BCUT2D eigenvalue weighted by atomic mass is 16.3. The molecule has 0 aromatic heterocycles. The van der Waals surface area contributed by atoms with Crippen LogP contribution in [0.2, 0.25) is 0 Å². The van der Waals surface area contributed by atoms with Crippen molar-refractivity contribution in [2.24, 2.45) is 11.8 Å². The SMILES string of the molecule is Cc1cccc(N2CCN(CC(=O)N3C[C@@H](CN(C)C)[C@@H](CO)C3)CC2)c1. The summed E-state index contributed by atoms with van der Waals surface area (Å²) >= 11 is 0. The van der Waals surface area contributed by atoms with Gasteiger partial charge < -0.3 is 19.8 Å². The fourth-order valence-corrected chi connectivity index (χ4v) is 4.31. The zero-order chi connectivity index (χ0) is 19.4. The summed E-state index contributed by atoms with van der Waals surface area (Å²) in [5.74, 6) is 0.778. The number of rotatable bonds is 6. The van der Waals surface area contributed by atoms with E-state index in [1.54, 1.807) is 0 Å². The predicted molar refractivity (Wildman–Crippen MR) is 109 cm³/mol. The molecule has 1 aromatic rings. The third-order valence-corrected chi connectivity index (χ3v) is 5.86. The van der Waals surface area contributed by atoms with E-state index >= 15 is 0 Å². The Bertz CT molecular complexity index is 628. The van der Waals surface area contributed by atoms with E-state index in [1.165, 1.54) is 11.3 Å². The second-order valence-corrected chi connectivity index (χ2v) is 8.37. The molecule has 1 aromatic carbocycles. The van der Waals surface area contributed by atoms with E-state index in [1.807, 2.05) is 19.0 Å². The molecule has 2 fully saturated rings. The van der Waals surface area contributed by atoms with Gasteiger partial charge in [0.2, 0.25) is 5.91 Å². The van der Waals surface area contributed by atoms with Crippen LogP contribution in [0.15, 0.2) is 24.3 Å². The van der Waals surface area contributed by atoms with Crippen molar-refractivity contribution in [1.82, 2.24) is 14.7 Å². The molecule has 6 heteroatoms. The van der Waals surface area contributed by atoms with Gasteiger partial charge in [0.05, 0.1) is 6.54 Å². The molecule has 150 valence electrons. The first-order chi connectivity index (χ1) is 13.0. The molecule has 1 amide bonds. The van der Waals surface area contributed by atoms with Crippen LogP contribution in [-0.2, 0) is 4.79 Å². The maximum Gasteiger partial charge on any atom is 0.236 e. The lowest BCUT2D eigenvalue weighted by atomic mass is 9.97. The number of amides is 1. The number of nitrogens with zero attached hydrogens (tertiary/aromatic N) is 4. The standard InChI is InChI=1S/C21H34N4O2/c1-17-5-4-6-20(11-17)24-9-7-23(8-10-24)15-21(27)25-13-18(12-22(2)3)19(14-25)16-26/h4-6,11,18-19,26H,7-10,12-16H2,1-3H3/t18-,19-/m1/s1. The lowest BCUT2D eigenvalue weighted by Gasteiger charge is -2.36. The van der Waals surface area contributed by atoms with Crippen LogP contribution in [0.5, 0.6) is 0 Å². The quantitative estimate of drug-likeness (QED) is 0.796. The van der Waals surface area contributed by atoms with Crippen molar-refractivity contribution in [3.8, 4) is 0 Å². The second-order valence-electron chi connectivity index (χ2n) is 8.37. The Balaban J connectivity index is 1.48. The molecule has 27 heavy (non-hydrogen) atoms. The molecule has 2 saturated heterocycles. The molecule has 0 saturated carbocycles. The number of carbonyl (C=O) groups excluding carboxylic acids is 1. The highest BCUT2D eigenvalue weighted by Gasteiger charge is 2.35. The second kappa shape index (κ2) is 9.04. The predicted octanol–water partition coefficient (Wildman–Crippen LogP) is 0.746. The molecular weight excluding hydrogens is 340 g/mol. The average Bonchev–Trinajstić information content (AvgIpc) is 3.04. The zero-order valence-electron chi connectivity index (χ0n) is 17.0. The topological polar surface area (TPSA) is 50.3 Å². The van der Waals surface area contributed by atoms with Crippen molar-refractivity contribution in [2.75, 3.05) is 78.0 Å². The summed E-state index contributed by atoms with van der Waals surface area (Å²) in [6.07, 6.45) is 0. The monoisotopic (exact) mass is 374 g/mol. The van der Waals surface area contributed by atoms with Gasteiger partial charge in [-0.2, -0.15) is 0 Å². The average molecular weight is 375 g/mol. The lowest BCUT2D eigenvalue weighted by Crippen LogP contribution is -2.50. The fourth-order valence-electron chi connectivity index (χ4n) is 4.31. The van der Waals surface area contributed by atoms with Crippen LogP contribution in [0.1, 0.15) is 5.56 Å². The number of piperazine rings is 1. The van der Waals surface area contributed by atoms with Gasteiger partial charge in [-0.1, -0.05) is 12.1 Å². The van der Waals surface area contributed by atoms with Crippen LogP contribution in [0.25, 0.3) is 0 Å². The minimum absolute atomic E-state index is 0.164. The largest absolute Gasteiger partial charge is 0.396 e. The summed E-state index contributed by atoms with van der Waals surface area (Å²) in [6.45, 7) is 8.91. The lowest BCUT2D eigenvalue weighted by molar-refractivity contribution is -0.131. The van der Waals surface area contributed by atoms with Gasteiger partial charge in [-0.15, -0.1) is 0 Å². The Morgan fingerprint density at radius 3 is 2.48 bits per heavy atom. The maximum absolute atomic E-state index is 12.8. The Morgan fingerprint density at radius 1 is 1.15 bits per heavy atom. The molecule has 2 atom stereocenters. The molecule has 0 aliphatic carbocycles. The Kier molecular flexibility index (Phi) is 6.73. The molecule has 6 nitrogen and oxygen atoms in total. The van der Waals surface area contributed by atoms with Gasteiger partial charge >= 0.3 is 0 Å². The highest BCUT2D eigenvalue weighted by Crippen LogP contribution is 2.24. The minimum atomic E-state index is 0.164. The summed E-state index contributed by atoms with van der Waals surface area (Å²) in [5.41, 5.74) is 2.56. The Morgan fingerprint density at radius 2 is 1.85 bits per heavy atom. The number of aliphatic hydroxyl groups is 1. The van der Waals surface area contributed by atoms with E-state index in [0.29, 0.717) is 19.0 Å². The van der Waals surface area contributed by atoms with Gasteiger partial charge in [-0.25, -0.2) is 0 Å². The number of likely N-dealkylation sites (tertiary alicyclic amines) is 1. The minimum Gasteiger partial charge on any atom is -0.396 e. The van der Waals surface area contributed by atoms with E-state index in [9.17, 15) is 9.90 Å². The first kappa shape index (κ1) is 20.1. The van der Waals surface area contributed by atoms with Crippen molar-refractivity contribution in [3.63, 3.8) is 0 Å². The molecule has 0 spiro atoms. The number of benzene rings is 1. The summed E-state index contributed by atoms with van der Waals surface area (Å²) in [6, 6.07) is 8.62. The van der Waals surface area contributed by atoms with Gasteiger partial charge in [0, 0.05) is 64.0 Å². The first-order valence-corrected chi connectivity index (χ1v) is 10.0. The summed E-state index contributed by atoms with van der Waals surface area (Å²) in [4.78, 5) is 21.6. The smallest absolute Gasteiger partial charge is 0.236 e. The molecule has 0 radical (unpaired) electrons. The number of anilines is 1. The van der Waals surface area contributed by atoms with E-state index < -0.39 is 0 Å². The van der Waals surface area contributed by atoms with Gasteiger partial charge in [0.1, 0.15) is 0 Å². The molecule has 0 unspecified atom stereocenters. The molecule has 3 rings (SSSR count). The summed E-state index contributed by atoms with van der Waals surface area (Å²) in [5, 5.41) is 9.65. The highest BCUT2D eigenvalue weighted by molar-refractivity contribution is 5.78. The van der Waals surface area contributed by atoms with Crippen molar-refractivity contribution in [1.29, 1.82) is 0 Å². The van der Waals surface area contributed by atoms with E-state index in [4.69, 9.17) is 0 Å². The molecule has 2 aliphatic rings. The van der Waals surface area contributed by atoms with Gasteiger partial charge in [0.25, 0.3) is 0 Å².